The van der Waals surface area contributed by atoms with Gasteiger partial charge in [-0.2, -0.15) is 4.31 Å². The normalized spacial score (nSPS) is 14.3. The number of aliphatic hydroxyl groups excluding tert-OH is 1. The van der Waals surface area contributed by atoms with Gasteiger partial charge in [-0.3, -0.25) is 15.0 Å². The summed E-state index contributed by atoms with van der Waals surface area (Å²) < 4.78 is 40.3. The second kappa shape index (κ2) is 15.7. The van der Waals surface area contributed by atoms with E-state index in [1.165, 1.54) is 16.4 Å². The lowest BCUT2D eigenvalue weighted by Crippen LogP contribution is -2.60. The molecule has 0 spiro atoms. The van der Waals surface area contributed by atoms with E-state index in [-0.39, 0.29) is 49.7 Å². The number of likely N-dealkylation sites (N-methyl/N-ethyl adjacent to an activating group) is 1. The Hall–Kier alpha value is -3.63. The molecule has 0 saturated carbocycles. The number of terminal acetylenes is 1. The molecule has 3 rings (SSSR count). The van der Waals surface area contributed by atoms with Crippen molar-refractivity contribution in [2.24, 2.45) is 5.92 Å². The highest BCUT2D eigenvalue weighted by molar-refractivity contribution is 7.89. The molecule has 0 bridgehead atoms. The number of ether oxygens (including phenoxy) is 2. The lowest BCUT2D eigenvalue weighted by atomic mass is 9.99. The molecule has 11 nitrogen and oxygen atoms in total. The number of nitrogens with zero attached hydrogens (tertiary/aromatic N) is 3. The minimum absolute atomic E-state index is 0.00884. The number of benzene rings is 2. The van der Waals surface area contributed by atoms with Gasteiger partial charge in [0.1, 0.15) is 13.2 Å². The molecule has 2 aromatic carbocycles. The van der Waals surface area contributed by atoms with Gasteiger partial charge in [-0.05, 0) is 44.1 Å². The Bertz CT molecular complexity index is 1380. The van der Waals surface area contributed by atoms with Crippen molar-refractivity contribution in [2.75, 3.05) is 46.9 Å². The van der Waals surface area contributed by atoms with Crippen LogP contribution in [0.5, 0.6) is 11.5 Å². The third-order valence-electron chi connectivity index (χ3n) is 6.63. The molecule has 43 heavy (non-hydrogen) atoms. The van der Waals surface area contributed by atoms with E-state index in [0.29, 0.717) is 24.7 Å². The Morgan fingerprint density at radius 3 is 2.35 bits per heavy atom. The number of nitrogens with one attached hydrogen (secondary N) is 1. The standard InChI is InChI=1S/C31H42N4O7S/c1-6-7-13-31(38)35(32-30(37)22-33(4)5)26(18-24-11-9-8-10-12-24)27(36)21-34(20-23(2)3)43(39,40)25-14-15-28-29(19-25)42-17-16-41-28/h1,8-12,14-15,19,23,26-27,36H,7,13,16-18,20-22H2,2-5H3,(H,32,37)/t26-,27+/m0/s1. The monoisotopic (exact) mass is 614 g/mol. The number of aliphatic hydroxyl groups is 1. The van der Waals surface area contributed by atoms with Gasteiger partial charge in [-0.1, -0.05) is 44.2 Å². The fraction of sp³-hybridized carbons (Fsp3) is 0.484. The molecule has 2 aromatic rings. The number of carbonyl (C=O) groups excluding carboxylic acids is 2. The molecule has 2 atom stereocenters. The molecule has 2 N–H and O–H groups in total. The maximum Gasteiger partial charge on any atom is 0.252 e. The van der Waals surface area contributed by atoms with Crippen LogP contribution in [0, 0.1) is 18.3 Å². The molecule has 12 heteroatoms. The third-order valence-corrected chi connectivity index (χ3v) is 8.46. The predicted molar refractivity (Wildman–Crippen MR) is 163 cm³/mol. The van der Waals surface area contributed by atoms with E-state index >= 15 is 0 Å². The highest BCUT2D eigenvalue weighted by Gasteiger charge is 2.36. The number of hydrogen-bond donors (Lipinski definition) is 2. The molecule has 1 aliphatic heterocycles. The average Bonchev–Trinajstić information content (AvgIpc) is 2.96. The number of sulfonamides is 1. The summed E-state index contributed by atoms with van der Waals surface area (Å²) in [5.41, 5.74) is 3.44. The number of rotatable bonds is 14. The van der Waals surface area contributed by atoms with Crippen LogP contribution in [0.2, 0.25) is 0 Å². The van der Waals surface area contributed by atoms with Crippen molar-refractivity contribution in [3.63, 3.8) is 0 Å². The van der Waals surface area contributed by atoms with Crippen molar-refractivity contribution in [3.05, 3.63) is 54.1 Å². The average molecular weight is 615 g/mol. The van der Waals surface area contributed by atoms with Crippen LogP contribution in [0.4, 0.5) is 0 Å². The van der Waals surface area contributed by atoms with Gasteiger partial charge >= 0.3 is 0 Å². The van der Waals surface area contributed by atoms with Gasteiger partial charge in [0, 0.05) is 32.0 Å². The molecule has 0 fully saturated rings. The minimum atomic E-state index is -4.12. The number of hydrazine groups is 1. The number of hydrogen-bond acceptors (Lipinski definition) is 8. The largest absolute Gasteiger partial charge is 0.486 e. The smallest absolute Gasteiger partial charge is 0.252 e. The van der Waals surface area contributed by atoms with Gasteiger partial charge in [0.15, 0.2) is 11.5 Å². The molecule has 0 aromatic heterocycles. The Morgan fingerprint density at radius 2 is 1.72 bits per heavy atom. The summed E-state index contributed by atoms with van der Waals surface area (Å²) in [7, 11) is -0.686. The number of carbonyl (C=O) groups is 2. The quantitative estimate of drug-likeness (QED) is 0.244. The molecule has 2 amide bonds. The van der Waals surface area contributed by atoms with E-state index in [0.717, 1.165) is 10.6 Å². The van der Waals surface area contributed by atoms with E-state index in [1.807, 2.05) is 44.2 Å². The molecular formula is C31H42N4O7S. The van der Waals surface area contributed by atoms with Gasteiger partial charge in [-0.25, -0.2) is 13.4 Å². The SMILES string of the molecule is C#CCCC(=O)N(NC(=O)CN(C)C)[C@@H](Cc1ccccc1)[C@H](O)CN(CC(C)C)S(=O)(=O)c1ccc2c(c1)OCCO2. The third kappa shape index (κ3) is 9.69. The summed E-state index contributed by atoms with van der Waals surface area (Å²) in [5, 5.41) is 12.9. The molecule has 0 unspecified atom stereocenters. The van der Waals surface area contributed by atoms with Crippen molar-refractivity contribution < 1.29 is 32.6 Å². The first-order chi connectivity index (χ1) is 20.4. The van der Waals surface area contributed by atoms with Crippen molar-refractivity contribution >= 4 is 21.8 Å². The maximum absolute atomic E-state index is 14.0. The summed E-state index contributed by atoms with van der Waals surface area (Å²) in [5.74, 6) is 2.18. The maximum atomic E-state index is 14.0. The minimum Gasteiger partial charge on any atom is -0.486 e. The van der Waals surface area contributed by atoms with Crippen LogP contribution in [-0.4, -0.2) is 98.6 Å². The second-order valence-electron chi connectivity index (χ2n) is 11.1. The van der Waals surface area contributed by atoms with Crippen molar-refractivity contribution in [2.45, 2.75) is 50.2 Å². The van der Waals surface area contributed by atoms with E-state index in [1.54, 1.807) is 25.1 Å². The highest BCUT2D eigenvalue weighted by Crippen LogP contribution is 2.33. The Kier molecular flexibility index (Phi) is 12.4. The van der Waals surface area contributed by atoms with Crippen molar-refractivity contribution in [1.29, 1.82) is 0 Å². The molecule has 0 radical (unpaired) electrons. The van der Waals surface area contributed by atoms with Crippen LogP contribution in [0.1, 0.15) is 32.3 Å². The highest BCUT2D eigenvalue weighted by atomic mass is 32.2. The van der Waals surface area contributed by atoms with Crippen molar-refractivity contribution in [1.82, 2.24) is 19.6 Å². The first-order valence-corrected chi connectivity index (χ1v) is 15.7. The molecule has 0 aliphatic carbocycles. The summed E-state index contributed by atoms with van der Waals surface area (Å²) in [6.45, 7) is 4.17. The summed E-state index contributed by atoms with van der Waals surface area (Å²) >= 11 is 0. The van der Waals surface area contributed by atoms with Crippen LogP contribution in [0.15, 0.2) is 53.4 Å². The van der Waals surface area contributed by atoms with Gasteiger partial charge in [0.05, 0.1) is 23.6 Å². The number of fused-ring (bicyclic) bond motifs is 1. The second-order valence-corrected chi connectivity index (χ2v) is 13.0. The zero-order chi connectivity index (χ0) is 31.6. The van der Waals surface area contributed by atoms with Gasteiger partial charge in [0.2, 0.25) is 15.9 Å². The fourth-order valence-electron chi connectivity index (χ4n) is 4.68. The molecule has 0 saturated heterocycles. The van der Waals surface area contributed by atoms with Crippen LogP contribution in [-0.2, 0) is 26.0 Å². The van der Waals surface area contributed by atoms with E-state index in [9.17, 15) is 23.1 Å². The molecule has 1 aliphatic rings. The lowest BCUT2D eigenvalue weighted by Gasteiger charge is -2.37. The lowest BCUT2D eigenvalue weighted by molar-refractivity contribution is -0.148. The van der Waals surface area contributed by atoms with E-state index in [2.05, 4.69) is 11.3 Å². The molecule has 1 heterocycles. The first-order valence-electron chi connectivity index (χ1n) is 14.2. The molecular weight excluding hydrogens is 572 g/mol. The first kappa shape index (κ1) is 33.9. The van der Waals surface area contributed by atoms with Gasteiger partial charge in [0.25, 0.3) is 5.91 Å². The fourth-order valence-corrected chi connectivity index (χ4v) is 6.32. The summed E-state index contributed by atoms with van der Waals surface area (Å²) in [4.78, 5) is 27.9. The zero-order valence-corrected chi connectivity index (χ0v) is 26.0. The van der Waals surface area contributed by atoms with Crippen LogP contribution < -0.4 is 14.9 Å². The summed E-state index contributed by atoms with van der Waals surface area (Å²) in [6.07, 6.45) is 4.23. The van der Waals surface area contributed by atoms with Gasteiger partial charge in [-0.15, -0.1) is 12.3 Å². The van der Waals surface area contributed by atoms with E-state index in [4.69, 9.17) is 15.9 Å². The van der Waals surface area contributed by atoms with Crippen molar-refractivity contribution in [3.8, 4) is 23.8 Å². The topological polar surface area (TPSA) is 129 Å². The Balaban J connectivity index is 2.00. The van der Waals surface area contributed by atoms with Crippen LogP contribution >= 0.6 is 0 Å². The summed E-state index contributed by atoms with van der Waals surface area (Å²) in [6, 6.07) is 12.6. The van der Waals surface area contributed by atoms with Crippen LogP contribution in [0.25, 0.3) is 0 Å². The van der Waals surface area contributed by atoms with E-state index < -0.39 is 34.0 Å². The Labute approximate surface area is 254 Å². The predicted octanol–water partition coefficient (Wildman–Crippen LogP) is 1.91. The molecule has 234 valence electrons. The number of amides is 2. The Morgan fingerprint density at radius 1 is 1.05 bits per heavy atom. The zero-order valence-electron chi connectivity index (χ0n) is 25.2. The van der Waals surface area contributed by atoms with Gasteiger partial charge < -0.3 is 19.5 Å². The van der Waals surface area contributed by atoms with Crippen LogP contribution in [0.3, 0.4) is 0 Å².